The summed E-state index contributed by atoms with van der Waals surface area (Å²) >= 11 is 0. The van der Waals surface area contributed by atoms with Gasteiger partial charge >= 0.3 is 5.97 Å². The van der Waals surface area contributed by atoms with E-state index in [1.165, 1.54) is 0 Å². The average Bonchev–Trinajstić information content (AvgIpc) is 2.66. The first-order chi connectivity index (χ1) is 12.6. The van der Waals surface area contributed by atoms with Gasteiger partial charge in [0, 0.05) is 6.42 Å². The van der Waals surface area contributed by atoms with Crippen LogP contribution in [0, 0.1) is 0 Å². The summed E-state index contributed by atoms with van der Waals surface area (Å²) in [6, 6.07) is 16.5. The van der Waals surface area contributed by atoms with E-state index in [0.29, 0.717) is 29.8 Å². The Kier molecular flexibility index (Phi) is 5.63. The number of ether oxygens (including phenoxy) is 2. The minimum Gasteiger partial charge on any atom is -0.494 e. The van der Waals surface area contributed by atoms with Crippen LogP contribution in [-0.4, -0.2) is 22.5 Å². The third kappa shape index (κ3) is 4.47. The molecule has 0 saturated carbocycles. The molecule has 26 heavy (non-hydrogen) atoms. The number of esters is 1. The molecule has 0 amide bonds. The molecule has 6 heteroatoms. The summed E-state index contributed by atoms with van der Waals surface area (Å²) in [5, 5.41) is 0.507. The normalized spacial score (nSPS) is 11.9. The summed E-state index contributed by atoms with van der Waals surface area (Å²) in [4.78, 5) is 31.1. The van der Waals surface area contributed by atoms with Crippen LogP contribution in [0.2, 0.25) is 0 Å². The molecule has 0 aliphatic rings. The van der Waals surface area contributed by atoms with Gasteiger partial charge in [0.2, 0.25) is 0 Å². The van der Waals surface area contributed by atoms with Crippen LogP contribution in [0.15, 0.2) is 59.4 Å². The smallest absolute Gasteiger partial charge is 0.306 e. The van der Waals surface area contributed by atoms with Crippen molar-refractivity contribution in [1.29, 1.82) is 0 Å². The molecule has 3 aromatic rings. The third-order valence-corrected chi connectivity index (χ3v) is 3.86. The monoisotopic (exact) mass is 352 g/mol. The molecule has 0 aliphatic carbocycles. The Balaban J connectivity index is 1.52. The fourth-order valence-electron chi connectivity index (χ4n) is 2.53. The van der Waals surface area contributed by atoms with E-state index in [1.807, 2.05) is 36.4 Å². The van der Waals surface area contributed by atoms with Crippen molar-refractivity contribution >= 4 is 16.9 Å². The Labute approximate surface area is 150 Å². The molecule has 0 fully saturated rings. The number of aromatic nitrogens is 2. The van der Waals surface area contributed by atoms with Crippen molar-refractivity contribution in [2.24, 2.45) is 0 Å². The summed E-state index contributed by atoms with van der Waals surface area (Å²) in [7, 11) is 0. The van der Waals surface area contributed by atoms with Gasteiger partial charge in [0.25, 0.3) is 5.56 Å². The van der Waals surface area contributed by atoms with Crippen molar-refractivity contribution in [2.45, 2.75) is 25.9 Å². The highest BCUT2D eigenvalue weighted by Crippen LogP contribution is 2.15. The van der Waals surface area contributed by atoms with Crippen LogP contribution in [0.4, 0.5) is 0 Å². The highest BCUT2D eigenvalue weighted by molar-refractivity contribution is 5.77. The number of hydrogen-bond donors (Lipinski definition) is 1. The van der Waals surface area contributed by atoms with Gasteiger partial charge in [0.1, 0.15) is 5.75 Å². The van der Waals surface area contributed by atoms with Gasteiger partial charge in [-0.05, 0) is 37.6 Å². The SMILES string of the molecule is C[C@H](OC(=O)CCCOc1ccccc1)c1nc2ccccc2c(=O)[nH]1. The Morgan fingerprint density at radius 2 is 1.85 bits per heavy atom. The number of fused-ring (bicyclic) bond motifs is 1. The molecule has 1 aromatic heterocycles. The first-order valence-electron chi connectivity index (χ1n) is 8.50. The number of nitrogens with zero attached hydrogens (tertiary/aromatic N) is 1. The maximum Gasteiger partial charge on any atom is 0.306 e. The van der Waals surface area contributed by atoms with Gasteiger partial charge in [0.15, 0.2) is 11.9 Å². The summed E-state index contributed by atoms with van der Waals surface area (Å²) in [6.07, 6.45) is 0.145. The largest absolute Gasteiger partial charge is 0.494 e. The topological polar surface area (TPSA) is 81.3 Å². The minimum atomic E-state index is -0.630. The molecule has 0 bridgehead atoms. The van der Waals surface area contributed by atoms with Gasteiger partial charge in [-0.1, -0.05) is 30.3 Å². The molecular weight excluding hydrogens is 332 g/mol. The zero-order valence-corrected chi connectivity index (χ0v) is 14.5. The Bertz CT molecular complexity index is 937. The predicted octanol–water partition coefficient (Wildman–Crippen LogP) is 3.39. The van der Waals surface area contributed by atoms with E-state index in [0.717, 1.165) is 5.75 Å². The highest BCUT2D eigenvalue weighted by Gasteiger charge is 2.15. The second-order valence-corrected chi connectivity index (χ2v) is 5.87. The molecule has 2 aromatic carbocycles. The maximum absolute atomic E-state index is 12.1. The van der Waals surface area contributed by atoms with Crippen LogP contribution < -0.4 is 10.3 Å². The molecular formula is C20H20N2O4. The summed E-state index contributed by atoms with van der Waals surface area (Å²) < 4.78 is 10.9. The Hall–Kier alpha value is -3.15. The molecule has 0 radical (unpaired) electrons. The Morgan fingerprint density at radius 1 is 1.12 bits per heavy atom. The third-order valence-electron chi connectivity index (χ3n) is 3.86. The van der Waals surface area contributed by atoms with Crippen molar-refractivity contribution in [3.8, 4) is 5.75 Å². The van der Waals surface area contributed by atoms with E-state index in [2.05, 4.69) is 9.97 Å². The number of carbonyl (C=O) groups excluding carboxylic acids is 1. The van der Waals surface area contributed by atoms with Crippen LogP contribution >= 0.6 is 0 Å². The van der Waals surface area contributed by atoms with Gasteiger partial charge in [-0.2, -0.15) is 0 Å². The minimum absolute atomic E-state index is 0.231. The number of para-hydroxylation sites is 2. The lowest BCUT2D eigenvalue weighted by Crippen LogP contribution is -2.17. The van der Waals surface area contributed by atoms with E-state index in [1.54, 1.807) is 25.1 Å². The first kappa shape index (κ1) is 17.7. The Morgan fingerprint density at radius 3 is 2.65 bits per heavy atom. The van der Waals surface area contributed by atoms with Crippen molar-refractivity contribution in [3.05, 3.63) is 70.8 Å². The maximum atomic E-state index is 12.1. The van der Waals surface area contributed by atoms with E-state index in [9.17, 15) is 9.59 Å². The molecule has 6 nitrogen and oxygen atoms in total. The summed E-state index contributed by atoms with van der Waals surface area (Å²) in [5.74, 6) is 0.750. The molecule has 1 heterocycles. The zero-order valence-electron chi connectivity index (χ0n) is 14.5. The average molecular weight is 352 g/mol. The fraction of sp³-hybridized carbons (Fsp3) is 0.250. The van der Waals surface area contributed by atoms with E-state index < -0.39 is 6.10 Å². The zero-order chi connectivity index (χ0) is 18.4. The number of rotatable bonds is 7. The number of carbonyl (C=O) groups is 1. The van der Waals surface area contributed by atoms with Crippen molar-refractivity contribution in [2.75, 3.05) is 6.61 Å². The van der Waals surface area contributed by atoms with E-state index in [4.69, 9.17) is 9.47 Å². The van der Waals surface area contributed by atoms with Crippen molar-refractivity contribution in [3.63, 3.8) is 0 Å². The fourth-order valence-corrected chi connectivity index (χ4v) is 2.53. The van der Waals surface area contributed by atoms with Crippen LogP contribution in [0.1, 0.15) is 31.7 Å². The number of benzene rings is 2. The second kappa shape index (κ2) is 8.29. The van der Waals surface area contributed by atoms with Crippen molar-refractivity contribution < 1.29 is 14.3 Å². The van der Waals surface area contributed by atoms with Crippen molar-refractivity contribution in [1.82, 2.24) is 9.97 Å². The molecule has 3 rings (SSSR count). The quantitative estimate of drug-likeness (QED) is 0.521. The molecule has 1 N–H and O–H groups in total. The van der Waals surface area contributed by atoms with Gasteiger partial charge in [0.05, 0.1) is 17.5 Å². The van der Waals surface area contributed by atoms with Crippen LogP contribution in [-0.2, 0) is 9.53 Å². The molecule has 0 aliphatic heterocycles. The van der Waals surface area contributed by atoms with Gasteiger partial charge < -0.3 is 14.5 Å². The lowest BCUT2D eigenvalue weighted by molar-refractivity contribution is -0.149. The highest BCUT2D eigenvalue weighted by atomic mass is 16.5. The number of H-pyrrole nitrogens is 1. The lowest BCUT2D eigenvalue weighted by atomic mass is 10.2. The molecule has 0 unspecified atom stereocenters. The van der Waals surface area contributed by atoms with Crippen LogP contribution in [0.25, 0.3) is 10.9 Å². The van der Waals surface area contributed by atoms with Crippen LogP contribution in [0.5, 0.6) is 5.75 Å². The summed E-state index contributed by atoms with van der Waals surface area (Å²) in [6.45, 7) is 2.12. The number of aromatic amines is 1. The lowest BCUT2D eigenvalue weighted by Gasteiger charge is -2.13. The number of nitrogens with one attached hydrogen (secondary N) is 1. The molecule has 134 valence electrons. The molecule has 0 spiro atoms. The second-order valence-electron chi connectivity index (χ2n) is 5.87. The van der Waals surface area contributed by atoms with Gasteiger partial charge in [-0.25, -0.2) is 4.98 Å². The molecule has 1 atom stereocenters. The van der Waals surface area contributed by atoms with Gasteiger partial charge in [-0.3, -0.25) is 9.59 Å². The first-order valence-corrected chi connectivity index (χ1v) is 8.50. The summed E-state index contributed by atoms with van der Waals surface area (Å²) in [5.41, 5.74) is 0.329. The predicted molar refractivity (Wildman–Crippen MR) is 98.0 cm³/mol. The standard InChI is InChI=1S/C20H20N2O4/c1-14(19-21-17-11-6-5-10-16(17)20(24)22-19)26-18(23)12-7-13-25-15-8-3-2-4-9-15/h2-6,8-11,14H,7,12-13H2,1H3,(H,21,22,24)/t14-/m0/s1. The van der Waals surface area contributed by atoms with Gasteiger partial charge in [-0.15, -0.1) is 0 Å². The molecule has 0 saturated heterocycles. The van der Waals surface area contributed by atoms with E-state index in [-0.39, 0.29) is 17.9 Å². The van der Waals surface area contributed by atoms with Crippen LogP contribution in [0.3, 0.4) is 0 Å². The number of hydrogen-bond acceptors (Lipinski definition) is 5. The van der Waals surface area contributed by atoms with E-state index >= 15 is 0 Å².